The molecule has 2 rings (SSSR count). The fraction of sp³-hybridized carbons (Fsp3) is 0.571. The number of rotatable bonds is 3. The molecule has 1 saturated heterocycles. The Balaban J connectivity index is 1.98. The van der Waals surface area contributed by atoms with Gasteiger partial charge in [-0.1, -0.05) is 28.1 Å². The molecule has 0 saturated carbocycles. The van der Waals surface area contributed by atoms with Crippen molar-refractivity contribution in [3.63, 3.8) is 0 Å². The average Bonchev–Trinajstić information content (AvgIpc) is 2.34. The molecule has 2 nitrogen and oxygen atoms in total. The Hall–Kier alpha value is -0.380. The highest BCUT2D eigenvalue weighted by Gasteiger charge is 2.19. The molecule has 1 aliphatic rings. The van der Waals surface area contributed by atoms with Gasteiger partial charge >= 0.3 is 0 Å². The summed E-state index contributed by atoms with van der Waals surface area (Å²) in [7, 11) is 0. The Morgan fingerprint density at radius 3 is 2.76 bits per heavy atom. The molecule has 1 heterocycles. The Bertz CT molecular complexity index is 372. The highest BCUT2D eigenvalue weighted by Crippen LogP contribution is 2.29. The lowest BCUT2D eigenvalue weighted by Crippen LogP contribution is -2.18. The molecule has 1 atom stereocenters. The van der Waals surface area contributed by atoms with E-state index in [0.29, 0.717) is 5.92 Å². The molecule has 0 aromatic heterocycles. The molecule has 3 heteroatoms. The van der Waals surface area contributed by atoms with E-state index in [1.54, 1.807) is 0 Å². The summed E-state index contributed by atoms with van der Waals surface area (Å²) in [6.07, 6.45) is 2.64. The second-order valence-electron chi connectivity index (χ2n) is 4.82. The van der Waals surface area contributed by atoms with Crippen molar-refractivity contribution in [2.75, 3.05) is 13.2 Å². The zero-order chi connectivity index (χ0) is 12.3. The van der Waals surface area contributed by atoms with Crippen molar-refractivity contribution >= 4 is 15.9 Å². The summed E-state index contributed by atoms with van der Waals surface area (Å²) in [5, 5.41) is 10.2. The monoisotopic (exact) mass is 298 g/mol. The van der Waals surface area contributed by atoms with Gasteiger partial charge in [-0.2, -0.15) is 0 Å². The Kier molecular flexibility index (Phi) is 4.60. The van der Waals surface area contributed by atoms with Gasteiger partial charge in [-0.15, -0.1) is 0 Å². The van der Waals surface area contributed by atoms with E-state index in [4.69, 9.17) is 4.74 Å². The largest absolute Gasteiger partial charge is 0.388 e. The van der Waals surface area contributed by atoms with E-state index in [2.05, 4.69) is 22.9 Å². The van der Waals surface area contributed by atoms with Crippen LogP contribution in [0, 0.1) is 12.8 Å². The summed E-state index contributed by atoms with van der Waals surface area (Å²) in [4.78, 5) is 0. The fourth-order valence-electron chi connectivity index (χ4n) is 2.25. The lowest BCUT2D eigenvalue weighted by Gasteiger charge is -2.24. The van der Waals surface area contributed by atoms with Gasteiger partial charge in [0.15, 0.2) is 0 Å². The van der Waals surface area contributed by atoms with Gasteiger partial charge in [0, 0.05) is 17.7 Å². The average molecular weight is 299 g/mol. The normalized spacial score (nSPS) is 19.2. The van der Waals surface area contributed by atoms with E-state index >= 15 is 0 Å². The molecule has 0 bridgehead atoms. The molecule has 17 heavy (non-hydrogen) atoms. The number of hydrogen-bond acceptors (Lipinski definition) is 2. The quantitative estimate of drug-likeness (QED) is 0.924. The minimum absolute atomic E-state index is 0.352. The molecule has 0 spiro atoms. The van der Waals surface area contributed by atoms with Crippen LogP contribution in [0.4, 0.5) is 0 Å². The predicted molar refractivity (Wildman–Crippen MR) is 72.0 cm³/mol. The molecule has 0 aliphatic carbocycles. The molecular formula is C14H19BrO2. The first-order valence-corrected chi connectivity index (χ1v) is 6.98. The van der Waals surface area contributed by atoms with Crippen molar-refractivity contribution in [2.24, 2.45) is 5.92 Å². The lowest BCUT2D eigenvalue weighted by atomic mass is 9.91. The molecule has 1 aromatic rings. The van der Waals surface area contributed by atoms with Gasteiger partial charge in [-0.3, -0.25) is 0 Å². The van der Waals surface area contributed by atoms with Gasteiger partial charge in [0.05, 0.1) is 6.10 Å². The second-order valence-corrected chi connectivity index (χ2v) is 5.67. The zero-order valence-electron chi connectivity index (χ0n) is 10.2. The molecule has 0 amide bonds. The second kappa shape index (κ2) is 5.98. The number of hydrogen-bond donors (Lipinski definition) is 1. The molecule has 1 aromatic carbocycles. The molecular weight excluding hydrogens is 280 g/mol. The van der Waals surface area contributed by atoms with E-state index in [1.807, 2.05) is 18.2 Å². The number of aryl methyl sites for hydroxylation is 1. The highest BCUT2D eigenvalue weighted by molar-refractivity contribution is 9.10. The summed E-state index contributed by atoms with van der Waals surface area (Å²) >= 11 is 3.51. The maximum atomic E-state index is 10.2. The Labute approximate surface area is 111 Å². The van der Waals surface area contributed by atoms with Crippen LogP contribution in [0.3, 0.4) is 0 Å². The number of benzene rings is 1. The third-order valence-corrected chi connectivity index (χ3v) is 4.33. The zero-order valence-corrected chi connectivity index (χ0v) is 11.7. The van der Waals surface area contributed by atoms with Gasteiger partial charge in [0.2, 0.25) is 0 Å². The number of halogens is 1. The number of aliphatic hydroxyl groups excluding tert-OH is 1. The SMILES string of the molecule is Cc1ccc(C(O)CC2CCOCC2)cc1Br. The van der Waals surface area contributed by atoms with Crippen LogP contribution < -0.4 is 0 Å². The van der Waals surface area contributed by atoms with Gasteiger partial charge in [-0.25, -0.2) is 0 Å². The minimum atomic E-state index is -0.352. The van der Waals surface area contributed by atoms with E-state index in [9.17, 15) is 5.11 Å². The summed E-state index contributed by atoms with van der Waals surface area (Å²) < 4.78 is 6.40. The van der Waals surface area contributed by atoms with Crippen LogP contribution in [-0.2, 0) is 4.74 Å². The number of aliphatic hydroxyl groups is 1. The minimum Gasteiger partial charge on any atom is -0.388 e. The first kappa shape index (κ1) is 13.1. The topological polar surface area (TPSA) is 29.5 Å². The lowest BCUT2D eigenvalue weighted by molar-refractivity contribution is 0.0435. The van der Waals surface area contributed by atoms with Crippen LogP contribution in [0.15, 0.2) is 22.7 Å². The van der Waals surface area contributed by atoms with Crippen LogP contribution in [0.2, 0.25) is 0 Å². The van der Waals surface area contributed by atoms with Crippen LogP contribution in [0.1, 0.15) is 36.5 Å². The third kappa shape index (κ3) is 3.54. The van der Waals surface area contributed by atoms with Crippen LogP contribution in [0.25, 0.3) is 0 Å². The van der Waals surface area contributed by atoms with Crippen LogP contribution in [0.5, 0.6) is 0 Å². The Morgan fingerprint density at radius 1 is 1.41 bits per heavy atom. The molecule has 1 fully saturated rings. The molecule has 1 aliphatic heterocycles. The van der Waals surface area contributed by atoms with Crippen molar-refractivity contribution in [3.05, 3.63) is 33.8 Å². The smallest absolute Gasteiger partial charge is 0.0793 e. The molecule has 1 unspecified atom stereocenters. The maximum Gasteiger partial charge on any atom is 0.0793 e. The van der Waals surface area contributed by atoms with E-state index in [-0.39, 0.29) is 6.10 Å². The summed E-state index contributed by atoms with van der Waals surface area (Å²) in [6.45, 7) is 3.74. The number of ether oxygens (including phenoxy) is 1. The standard InChI is InChI=1S/C14H19BrO2/c1-10-2-3-12(9-13(10)15)14(16)8-11-4-6-17-7-5-11/h2-3,9,11,14,16H,4-8H2,1H3. The van der Waals surface area contributed by atoms with Crippen molar-refractivity contribution in [1.29, 1.82) is 0 Å². The summed E-state index contributed by atoms with van der Waals surface area (Å²) in [5.74, 6) is 0.596. The van der Waals surface area contributed by atoms with E-state index < -0.39 is 0 Å². The van der Waals surface area contributed by atoms with E-state index in [1.165, 1.54) is 5.56 Å². The van der Waals surface area contributed by atoms with Crippen LogP contribution in [-0.4, -0.2) is 18.3 Å². The van der Waals surface area contributed by atoms with Crippen molar-refractivity contribution in [3.8, 4) is 0 Å². The predicted octanol–water partition coefficient (Wildman–Crippen LogP) is 3.61. The van der Waals surface area contributed by atoms with Crippen molar-refractivity contribution in [2.45, 2.75) is 32.3 Å². The summed E-state index contributed by atoms with van der Waals surface area (Å²) in [6, 6.07) is 6.09. The Morgan fingerprint density at radius 2 is 2.12 bits per heavy atom. The van der Waals surface area contributed by atoms with Gasteiger partial charge in [0.25, 0.3) is 0 Å². The first-order chi connectivity index (χ1) is 8.16. The maximum absolute atomic E-state index is 10.2. The van der Waals surface area contributed by atoms with E-state index in [0.717, 1.165) is 42.5 Å². The molecule has 94 valence electrons. The van der Waals surface area contributed by atoms with Crippen molar-refractivity contribution in [1.82, 2.24) is 0 Å². The third-order valence-electron chi connectivity index (χ3n) is 3.48. The fourth-order valence-corrected chi connectivity index (χ4v) is 2.65. The molecule has 1 N–H and O–H groups in total. The summed E-state index contributed by atoms with van der Waals surface area (Å²) in [5.41, 5.74) is 2.21. The molecule has 0 radical (unpaired) electrons. The van der Waals surface area contributed by atoms with Gasteiger partial charge < -0.3 is 9.84 Å². The van der Waals surface area contributed by atoms with Gasteiger partial charge in [-0.05, 0) is 49.3 Å². The van der Waals surface area contributed by atoms with Gasteiger partial charge in [0.1, 0.15) is 0 Å². The highest BCUT2D eigenvalue weighted by atomic mass is 79.9. The van der Waals surface area contributed by atoms with Crippen LogP contribution >= 0.6 is 15.9 Å². The van der Waals surface area contributed by atoms with Crippen molar-refractivity contribution < 1.29 is 9.84 Å². The first-order valence-electron chi connectivity index (χ1n) is 6.18.